The number of guanidine groups is 1. The summed E-state index contributed by atoms with van der Waals surface area (Å²) in [5.41, 5.74) is 2.97. The molecule has 0 radical (unpaired) electrons. The van der Waals surface area contributed by atoms with Gasteiger partial charge in [-0.05, 0) is 30.9 Å². The minimum Gasteiger partial charge on any atom is -0.357 e. The number of aliphatic imine (C=N–C) groups is 1. The minimum absolute atomic E-state index is 0.488. The molecule has 0 saturated carbocycles. The molecule has 2 rings (SSSR count). The lowest BCUT2D eigenvalue weighted by Gasteiger charge is -2.34. The lowest BCUT2D eigenvalue weighted by atomic mass is 9.98. The highest BCUT2D eigenvalue weighted by Gasteiger charge is 2.22. The summed E-state index contributed by atoms with van der Waals surface area (Å²) in [6.07, 6.45) is 4.11. The fourth-order valence-electron chi connectivity index (χ4n) is 3.04. The van der Waals surface area contributed by atoms with Gasteiger partial charge in [-0.15, -0.1) is 6.58 Å². The van der Waals surface area contributed by atoms with E-state index in [1.54, 1.807) is 0 Å². The molecule has 0 saturated heterocycles. The van der Waals surface area contributed by atoms with E-state index in [4.69, 9.17) is 4.99 Å². The van der Waals surface area contributed by atoms with Crippen molar-refractivity contribution in [3.8, 4) is 0 Å². The normalized spacial score (nSPS) is 16.5. The highest BCUT2D eigenvalue weighted by molar-refractivity contribution is 5.79. The predicted octanol–water partition coefficient (Wildman–Crippen LogP) is 2.56. The Hall–Kier alpha value is -1.81. The summed E-state index contributed by atoms with van der Waals surface area (Å²) >= 11 is 0. The van der Waals surface area contributed by atoms with Crippen LogP contribution in [-0.4, -0.2) is 43.1 Å². The molecule has 1 atom stereocenters. The van der Waals surface area contributed by atoms with Crippen LogP contribution < -0.4 is 10.6 Å². The lowest BCUT2D eigenvalue weighted by molar-refractivity contribution is 0.178. The Labute approximate surface area is 140 Å². The smallest absolute Gasteiger partial charge is 0.191 e. The lowest BCUT2D eigenvalue weighted by Crippen LogP contribution is -2.42. The molecule has 1 aliphatic heterocycles. The van der Waals surface area contributed by atoms with Crippen LogP contribution in [0.2, 0.25) is 0 Å². The molecule has 1 aromatic carbocycles. The highest BCUT2D eigenvalue weighted by Crippen LogP contribution is 2.21. The van der Waals surface area contributed by atoms with Crippen LogP contribution in [0.3, 0.4) is 0 Å². The first kappa shape index (κ1) is 17.5. The number of nitrogens with one attached hydrogen (secondary N) is 2. The average molecular weight is 314 g/mol. The molecule has 4 heteroatoms. The monoisotopic (exact) mass is 314 g/mol. The standard InChI is InChI=1S/C19H30N4/c1-4-12-21-19(20-6-3)22-14-18(5-2)23-13-11-16-9-7-8-10-17(16)15-23/h4,7-10,18H,1,5-6,11-15H2,2-3H3,(H2,20,21,22). The van der Waals surface area contributed by atoms with Gasteiger partial charge in [0.1, 0.15) is 0 Å². The third-order valence-electron chi connectivity index (χ3n) is 4.37. The van der Waals surface area contributed by atoms with Gasteiger partial charge in [0, 0.05) is 32.2 Å². The zero-order chi connectivity index (χ0) is 16.5. The number of hydrogen-bond acceptors (Lipinski definition) is 2. The third kappa shape index (κ3) is 5.10. The Balaban J connectivity index is 1.98. The van der Waals surface area contributed by atoms with Crippen molar-refractivity contribution in [1.82, 2.24) is 15.5 Å². The minimum atomic E-state index is 0.488. The molecule has 0 fully saturated rings. The van der Waals surface area contributed by atoms with E-state index in [9.17, 15) is 0 Å². The molecule has 23 heavy (non-hydrogen) atoms. The van der Waals surface area contributed by atoms with Crippen LogP contribution in [0.25, 0.3) is 0 Å². The van der Waals surface area contributed by atoms with Crippen LogP contribution in [0.1, 0.15) is 31.4 Å². The van der Waals surface area contributed by atoms with E-state index in [-0.39, 0.29) is 0 Å². The van der Waals surface area contributed by atoms with Gasteiger partial charge in [-0.1, -0.05) is 37.3 Å². The Kier molecular flexibility index (Phi) is 7.14. The second kappa shape index (κ2) is 9.36. The Morgan fingerprint density at radius 2 is 2.09 bits per heavy atom. The van der Waals surface area contributed by atoms with Crippen molar-refractivity contribution in [3.05, 3.63) is 48.0 Å². The van der Waals surface area contributed by atoms with Gasteiger partial charge in [0.2, 0.25) is 0 Å². The van der Waals surface area contributed by atoms with E-state index in [1.165, 1.54) is 11.1 Å². The Bertz CT molecular complexity index is 524. The molecule has 0 amide bonds. The zero-order valence-electron chi connectivity index (χ0n) is 14.5. The molecule has 0 bridgehead atoms. The average Bonchev–Trinajstić information content (AvgIpc) is 2.60. The number of rotatable bonds is 7. The fraction of sp³-hybridized carbons (Fsp3) is 0.526. The van der Waals surface area contributed by atoms with Crippen molar-refractivity contribution in [1.29, 1.82) is 0 Å². The summed E-state index contributed by atoms with van der Waals surface area (Å²) in [4.78, 5) is 7.33. The van der Waals surface area contributed by atoms with E-state index in [1.807, 2.05) is 6.08 Å². The first-order valence-corrected chi connectivity index (χ1v) is 8.72. The van der Waals surface area contributed by atoms with Crippen molar-refractivity contribution in [2.75, 3.05) is 26.2 Å². The van der Waals surface area contributed by atoms with Crippen LogP contribution in [-0.2, 0) is 13.0 Å². The van der Waals surface area contributed by atoms with Gasteiger partial charge in [0.15, 0.2) is 5.96 Å². The number of benzene rings is 1. The first-order valence-electron chi connectivity index (χ1n) is 8.72. The fourth-order valence-corrected chi connectivity index (χ4v) is 3.04. The van der Waals surface area contributed by atoms with Gasteiger partial charge in [0.25, 0.3) is 0 Å². The molecule has 0 aliphatic carbocycles. The predicted molar refractivity (Wildman–Crippen MR) is 98.8 cm³/mol. The summed E-state index contributed by atoms with van der Waals surface area (Å²) in [6, 6.07) is 9.29. The quantitative estimate of drug-likeness (QED) is 0.462. The van der Waals surface area contributed by atoms with Gasteiger partial charge in [-0.3, -0.25) is 9.89 Å². The van der Waals surface area contributed by atoms with Crippen molar-refractivity contribution < 1.29 is 0 Å². The number of hydrogen-bond donors (Lipinski definition) is 2. The van der Waals surface area contributed by atoms with Crippen LogP contribution in [0.4, 0.5) is 0 Å². The van der Waals surface area contributed by atoms with Gasteiger partial charge >= 0.3 is 0 Å². The Morgan fingerprint density at radius 1 is 1.30 bits per heavy atom. The maximum Gasteiger partial charge on any atom is 0.191 e. The van der Waals surface area contributed by atoms with Gasteiger partial charge < -0.3 is 10.6 Å². The van der Waals surface area contributed by atoms with Crippen molar-refractivity contribution in [2.45, 2.75) is 39.3 Å². The SMILES string of the molecule is C=CCNC(=NCC(CC)N1CCc2ccccc2C1)NCC. The van der Waals surface area contributed by atoms with Crippen molar-refractivity contribution in [3.63, 3.8) is 0 Å². The first-order chi connectivity index (χ1) is 11.3. The second-order valence-corrected chi connectivity index (χ2v) is 5.94. The van der Waals surface area contributed by atoms with Crippen LogP contribution in [0, 0.1) is 0 Å². The van der Waals surface area contributed by atoms with Crippen LogP contribution in [0.5, 0.6) is 0 Å². The van der Waals surface area contributed by atoms with E-state index >= 15 is 0 Å². The number of nitrogens with zero attached hydrogens (tertiary/aromatic N) is 2. The van der Waals surface area contributed by atoms with E-state index in [0.717, 1.165) is 51.5 Å². The molecule has 0 spiro atoms. The van der Waals surface area contributed by atoms with Crippen LogP contribution >= 0.6 is 0 Å². The molecular formula is C19H30N4. The maximum absolute atomic E-state index is 4.76. The Morgan fingerprint density at radius 3 is 2.78 bits per heavy atom. The van der Waals surface area contributed by atoms with Crippen molar-refractivity contribution >= 4 is 5.96 Å². The number of fused-ring (bicyclic) bond motifs is 1. The summed E-state index contributed by atoms with van der Waals surface area (Å²) < 4.78 is 0. The van der Waals surface area contributed by atoms with E-state index in [2.05, 4.69) is 60.2 Å². The van der Waals surface area contributed by atoms with E-state index in [0.29, 0.717) is 6.04 Å². The molecule has 0 aromatic heterocycles. The molecular weight excluding hydrogens is 284 g/mol. The topological polar surface area (TPSA) is 39.7 Å². The van der Waals surface area contributed by atoms with Gasteiger partial charge in [0.05, 0.1) is 6.54 Å². The molecule has 4 nitrogen and oxygen atoms in total. The van der Waals surface area contributed by atoms with Crippen molar-refractivity contribution in [2.24, 2.45) is 4.99 Å². The third-order valence-corrected chi connectivity index (χ3v) is 4.37. The zero-order valence-corrected chi connectivity index (χ0v) is 14.5. The summed E-state index contributed by atoms with van der Waals surface area (Å²) in [5, 5.41) is 6.56. The van der Waals surface area contributed by atoms with E-state index < -0.39 is 0 Å². The van der Waals surface area contributed by atoms with Gasteiger partial charge in [-0.25, -0.2) is 0 Å². The summed E-state index contributed by atoms with van der Waals surface area (Å²) in [6.45, 7) is 12.7. The molecule has 1 unspecified atom stereocenters. The second-order valence-electron chi connectivity index (χ2n) is 5.94. The summed E-state index contributed by atoms with van der Waals surface area (Å²) in [7, 11) is 0. The highest BCUT2D eigenvalue weighted by atomic mass is 15.2. The molecule has 2 N–H and O–H groups in total. The van der Waals surface area contributed by atoms with Crippen LogP contribution in [0.15, 0.2) is 41.9 Å². The largest absolute Gasteiger partial charge is 0.357 e. The maximum atomic E-state index is 4.76. The molecule has 1 heterocycles. The molecule has 1 aromatic rings. The molecule has 1 aliphatic rings. The van der Waals surface area contributed by atoms with Gasteiger partial charge in [-0.2, -0.15) is 0 Å². The summed E-state index contributed by atoms with van der Waals surface area (Å²) in [5.74, 6) is 0.878. The molecule has 126 valence electrons.